The van der Waals surface area contributed by atoms with Crippen LogP contribution in [0.2, 0.25) is 0 Å². The maximum atomic E-state index is 12.3. The van der Waals surface area contributed by atoms with E-state index in [2.05, 4.69) is 5.32 Å². The number of alkyl carbamates (subject to hydrolysis) is 1. The van der Waals surface area contributed by atoms with Crippen molar-refractivity contribution in [3.05, 3.63) is 35.9 Å². The maximum absolute atomic E-state index is 12.3. The molecule has 0 aromatic heterocycles. The first kappa shape index (κ1) is 18.1. The summed E-state index contributed by atoms with van der Waals surface area (Å²) in [5, 5.41) is 2.73. The van der Waals surface area contributed by atoms with E-state index in [1.165, 1.54) is 0 Å². The molecule has 0 aliphatic carbocycles. The highest BCUT2D eigenvalue weighted by Crippen LogP contribution is 2.18. The molecule has 1 saturated heterocycles. The van der Waals surface area contributed by atoms with E-state index in [1.807, 2.05) is 51.1 Å². The number of ether oxygens (including phenoxy) is 2. The van der Waals surface area contributed by atoms with E-state index in [0.717, 1.165) is 18.4 Å². The van der Waals surface area contributed by atoms with Gasteiger partial charge in [0, 0.05) is 13.1 Å². The minimum atomic E-state index is -0.534. The Kier molecular flexibility index (Phi) is 6.06. The predicted octanol–water partition coefficient (Wildman–Crippen LogP) is 3.31. The molecule has 0 unspecified atom stereocenters. The number of amides is 2. The third-order valence-corrected chi connectivity index (χ3v) is 3.70. The monoisotopic (exact) mass is 334 g/mol. The van der Waals surface area contributed by atoms with Crippen molar-refractivity contribution < 1.29 is 19.1 Å². The lowest BCUT2D eigenvalue weighted by molar-refractivity contribution is 0.0502. The summed E-state index contributed by atoms with van der Waals surface area (Å²) < 4.78 is 10.6. The van der Waals surface area contributed by atoms with Gasteiger partial charge in [-0.05, 0) is 39.2 Å². The largest absolute Gasteiger partial charge is 0.445 e. The summed E-state index contributed by atoms with van der Waals surface area (Å²) in [5.41, 5.74) is 0.419. The van der Waals surface area contributed by atoms with Crippen molar-refractivity contribution in [2.45, 2.75) is 51.9 Å². The Morgan fingerprint density at radius 2 is 1.96 bits per heavy atom. The van der Waals surface area contributed by atoms with Crippen molar-refractivity contribution in [2.75, 3.05) is 13.1 Å². The fourth-order valence-electron chi connectivity index (χ4n) is 2.61. The molecule has 6 heteroatoms. The molecule has 0 radical (unpaired) electrons. The highest BCUT2D eigenvalue weighted by atomic mass is 16.6. The third-order valence-electron chi connectivity index (χ3n) is 3.70. The second-order valence-electron chi connectivity index (χ2n) is 6.91. The number of rotatable bonds is 4. The van der Waals surface area contributed by atoms with Crippen LogP contribution in [0.25, 0.3) is 0 Å². The molecule has 0 spiro atoms. The van der Waals surface area contributed by atoms with Gasteiger partial charge in [-0.15, -0.1) is 0 Å². The van der Waals surface area contributed by atoms with Crippen molar-refractivity contribution in [3.63, 3.8) is 0 Å². The molecular weight excluding hydrogens is 308 g/mol. The molecule has 1 atom stereocenters. The van der Waals surface area contributed by atoms with Crippen LogP contribution in [-0.4, -0.2) is 41.8 Å². The Morgan fingerprint density at radius 1 is 1.25 bits per heavy atom. The SMILES string of the molecule is CC(C)(C)OC(=O)NC[C@H]1CCCN1C(=O)OCc1ccccc1. The van der Waals surface area contributed by atoms with E-state index in [-0.39, 0.29) is 18.7 Å². The predicted molar refractivity (Wildman–Crippen MR) is 90.6 cm³/mol. The molecule has 24 heavy (non-hydrogen) atoms. The average molecular weight is 334 g/mol. The van der Waals surface area contributed by atoms with Gasteiger partial charge in [0.05, 0.1) is 6.04 Å². The van der Waals surface area contributed by atoms with E-state index in [9.17, 15) is 9.59 Å². The Hall–Kier alpha value is -2.24. The van der Waals surface area contributed by atoms with Crippen LogP contribution in [0.3, 0.4) is 0 Å². The van der Waals surface area contributed by atoms with Crippen molar-refractivity contribution in [1.82, 2.24) is 10.2 Å². The summed E-state index contributed by atoms with van der Waals surface area (Å²) in [6.45, 7) is 6.71. The molecule has 0 saturated carbocycles. The van der Waals surface area contributed by atoms with Gasteiger partial charge in [-0.1, -0.05) is 30.3 Å². The van der Waals surface area contributed by atoms with Gasteiger partial charge in [-0.2, -0.15) is 0 Å². The summed E-state index contributed by atoms with van der Waals surface area (Å²) >= 11 is 0. The van der Waals surface area contributed by atoms with Gasteiger partial charge in [0.25, 0.3) is 0 Å². The Labute approximate surface area is 143 Å². The van der Waals surface area contributed by atoms with Gasteiger partial charge < -0.3 is 19.7 Å². The zero-order valence-electron chi connectivity index (χ0n) is 14.6. The Balaban J connectivity index is 1.79. The van der Waals surface area contributed by atoms with Gasteiger partial charge in [-0.25, -0.2) is 9.59 Å². The quantitative estimate of drug-likeness (QED) is 0.917. The molecule has 1 aliphatic heterocycles. The van der Waals surface area contributed by atoms with Crippen LogP contribution in [0.15, 0.2) is 30.3 Å². The molecule has 1 aliphatic rings. The summed E-state index contributed by atoms with van der Waals surface area (Å²) in [4.78, 5) is 25.7. The third kappa shape index (κ3) is 5.76. The van der Waals surface area contributed by atoms with Crippen LogP contribution in [0.4, 0.5) is 9.59 Å². The molecule has 132 valence electrons. The maximum Gasteiger partial charge on any atom is 0.410 e. The number of likely N-dealkylation sites (tertiary alicyclic amines) is 1. The zero-order chi connectivity index (χ0) is 17.6. The van der Waals surface area contributed by atoms with Gasteiger partial charge in [0.1, 0.15) is 12.2 Å². The lowest BCUT2D eigenvalue weighted by Gasteiger charge is -2.25. The molecular formula is C18H26N2O4. The van der Waals surface area contributed by atoms with Gasteiger partial charge in [0.2, 0.25) is 0 Å². The van der Waals surface area contributed by atoms with Crippen LogP contribution in [0, 0.1) is 0 Å². The molecule has 1 fully saturated rings. The highest BCUT2D eigenvalue weighted by molar-refractivity contribution is 5.69. The van der Waals surface area contributed by atoms with Gasteiger partial charge in [-0.3, -0.25) is 0 Å². The van der Waals surface area contributed by atoms with Crippen molar-refractivity contribution in [2.24, 2.45) is 0 Å². The number of hydrogen-bond acceptors (Lipinski definition) is 4. The average Bonchev–Trinajstić information content (AvgIpc) is 2.98. The minimum absolute atomic E-state index is 0.0548. The fourth-order valence-corrected chi connectivity index (χ4v) is 2.61. The van der Waals surface area contributed by atoms with E-state index < -0.39 is 11.7 Å². The van der Waals surface area contributed by atoms with Crippen LogP contribution < -0.4 is 5.32 Å². The summed E-state index contributed by atoms with van der Waals surface area (Å²) in [7, 11) is 0. The molecule has 1 heterocycles. The molecule has 2 rings (SSSR count). The minimum Gasteiger partial charge on any atom is -0.445 e. The number of benzene rings is 1. The second-order valence-corrected chi connectivity index (χ2v) is 6.91. The normalized spacial score (nSPS) is 17.5. The number of nitrogens with one attached hydrogen (secondary N) is 1. The topological polar surface area (TPSA) is 67.9 Å². The van der Waals surface area contributed by atoms with Crippen molar-refractivity contribution in [3.8, 4) is 0 Å². The number of nitrogens with zero attached hydrogens (tertiary/aromatic N) is 1. The van der Waals surface area contributed by atoms with E-state index in [1.54, 1.807) is 4.90 Å². The molecule has 1 aromatic carbocycles. The van der Waals surface area contributed by atoms with Gasteiger partial charge in [0.15, 0.2) is 0 Å². The number of carbonyl (C=O) groups is 2. The zero-order valence-corrected chi connectivity index (χ0v) is 14.6. The van der Waals surface area contributed by atoms with Gasteiger partial charge >= 0.3 is 12.2 Å². The molecule has 1 N–H and O–H groups in total. The van der Waals surface area contributed by atoms with Crippen molar-refractivity contribution in [1.29, 1.82) is 0 Å². The summed E-state index contributed by atoms with van der Waals surface area (Å²) in [6.07, 6.45) is 0.941. The van der Waals surface area contributed by atoms with Crippen LogP contribution in [0.1, 0.15) is 39.2 Å². The lowest BCUT2D eigenvalue weighted by atomic mass is 10.2. The van der Waals surface area contributed by atoms with Crippen LogP contribution >= 0.6 is 0 Å². The highest BCUT2D eigenvalue weighted by Gasteiger charge is 2.30. The summed E-state index contributed by atoms with van der Waals surface area (Å²) in [6, 6.07) is 9.52. The Morgan fingerprint density at radius 3 is 2.62 bits per heavy atom. The second kappa shape index (κ2) is 8.04. The smallest absolute Gasteiger partial charge is 0.410 e. The van der Waals surface area contributed by atoms with Crippen molar-refractivity contribution >= 4 is 12.2 Å². The van der Waals surface area contributed by atoms with E-state index in [4.69, 9.17) is 9.47 Å². The molecule has 1 aromatic rings. The molecule has 2 amide bonds. The number of carbonyl (C=O) groups excluding carboxylic acids is 2. The van der Waals surface area contributed by atoms with Crippen LogP contribution in [-0.2, 0) is 16.1 Å². The summed E-state index contributed by atoms with van der Waals surface area (Å²) in [5.74, 6) is 0. The molecule has 0 bridgehead atoms. The fraction of sp³-hybridized carbons (Fsp3) is 0.556. The first-order valence-electron chi connectivity index (χ1n) is 8.29. The first-order chi connectivity index (χ1) is 11.3. The Bertz CT molecular complexity index is 554. The lowest BCUT2D eigenvalue weighted by Crippen LogP contribution is -2.44. The number of hydrogen-bond donors (Lipinski definition) is 1. The standard InChI is InChI=1S/C18H26N2O4/c1-18(2,3)24-16(21)19-12-15-10-7-11-20(15)17(22)23-13-14-8-5-4-6-9-14/h4-6,8-9,15H,7,10-13H2,1-3H3,(H,19,21)/t15-/m1/s1. The van der Waals surface area contributed by atoms with E-state index >= 15 is 0 Å². The van der Waals surface area contributed by atoms with Crippen LogP contribution in [0.5, 0.6) is 0 Å². The molecule has 6 nitrogen and oxygen atoms in total. The van der Waals surface area contributed by atoms with E-state index in [0.29, 0.717) is 13.1 Å². The first-order valence-corrected chi connectivity index (χ1v) is 8.29.